The number of ether oxygens (including phenoxy) is 2. The molecule has 1 N–H and O–H groups in total. The molecule has 0 aromatic carbocycles. The van der Waals surface area contributed by atoms with Crippen molar-refractivity contribution in [3.63, 3.8) is 0 Å². The Kier molecular flexibility index (Phi) is 3.96. The van der Waals surface area contributed by atoms with Gasteiger partial charge in [0.2, 0.25) is 0 Å². The molecule has 0 aromatic heterocycles. The number of aliphatic hydroxyl groups is 1. The highest BCUT2D eigenvalue weighted by molar-refractivity contribution is 5.16. The first-order chi connectivity index (χ1) is 9.93. The molecule has 3 rings (SSSR count). The SMILES string of the molecule is CO[C@H]1C(C2(C)CC[C@@H]2CC=C(C)C)[C@]2(CC[C@H]1O)CO2. The monoisotopic (exact) mass is 294 g/mol. The van der Waals surface area contributed by atoms with Crippen LogP contribution in [0.5, 0.6) is 0 Å². The van der Waals surface area contributed by atoms with Crippen LogP contribution in [0.25, 0.3) is 0 Å². The van der Waals surface area contributed by atoms with Gasteiger partial charge in [-0.25, -0.2) is 0 Å². The van der Waals surface area contributed by atoms with E-state index in [1.807, 2.05) is 0 Å². The fourth-order valence-corrected chi connectivity index (χ4v) is 4.90. The van der Waals surface area contributed by atoms with Crippen molar-refractivity contribution in [1.29, 1.82) is 0 Å². The van der Waals surface area contributed by atoms with Crippen molar-refractivity contribution in [2.45, 2.75) is 70.7 Å². The van der Waals surface area contributed by atoms with Crippen LogP contribution in [0.1, 0.15) is 52.9 Å². The summed E-state index contributed by atoms with van der Waals surface area (Å²) in [5.74, 6) is 1.03. The molecule has 2 saturated carbocycles. The highest BCUT2D eigenvalue weighted by atomic mass is 16.6. The standard InChI is InChI=1S/C18H30O3/c1-12(2)5-6-13-7-9-17(13,3)16-15(20-4)14(19)8-10-18(16)11-21-18/h5,13-16,19H,6-11H2,1-4H3/t13-,14+,15+,16?,17?,18-/m0/s1. The first-order valence-corrected chi connectivity index (χ1v) is 8.41. The van der Waals surface area contributed by atoms with Gasteiger partial charge >= 0.3 is 0 Å². The molecule has 1 heterocycles. The second kappa shape index (κ2) is 5.36. The Morgan fingerprint density at radius 2 is 2.05 bits per heavy atom. The van der Waals surface area contributed by atoms with Gasteiger partial charge in [-0.1, -0.05) is 18.6 Å². The Hall–Kier alpha value is -0.380. The van der Waals surface area contributed by atoms with E-state index >= 15 is 0 Å². The molecule has 0 aromatic rings. The summed E-state index contributed by atoms with van der Waals surface area (Å²) >= 11 is 0. The van der Waals surface area contributed by atoms with E-state index in [1.165, 1.54) is 18.4 Å². The van der Waals surface area contributed by atoms with Crippen molar-refractivity contribution in [1.82, 2.24) is 0 Å². The normalized spacial score (nSPS) is 48.8. The topological polar surface area (TPSA) is 42.0 Å². The van der Waals surface area contributed by atoms with Crippen LogP contribution < -0.4 is 0 Å². The highest BCUT2D eigenvalue weighted by Gasteiger charge is 2.66. The number of aliphatic hydroxyl groups excluding tert-OH is 1. The molecule has 2 aliphatic carbocycles. The quantitative estimate of drug-likeness (QED) is 0.639. The van der Waals surface area contributed by atoms with E-state index in [0.29, 0.717) is 11.8 Å². The van der Waals surface area contributed by atoms with Crippen LogP contribution in [-0.2, 0) is 9.47 Å². The number of epoxide rings is 1. The Balaban J connectivity index is 1.83. The Labute approximate surface area is 128 Å². The summed E-state index contributed by atoms with van der Waals surface area (Å²) in [4.78, 5) is 0. The van der Waals surface area contributed by atoms with E-state index in [9.17, 15) is 5.11 Å². The minimum atomic E-state index is -0.337. The van der Waals surface area contributed by atoms with Crippen LogP contribution >= 0.6 is 0 Å². The summed E-state index contributed by atoms with van der Waals surface area (Å²) in [5, 5.41) is 10.4. The predicted molar refractivity (Wildman–Crippen MR) is 83.1 cm³/mol. The zero-order valence-corrected chi connectivity index (χ0v) is 13.9. The van der Waals surface area contributed by atoms with Crippen molar-refractivity contribution < 1.29 is 14.6 Å². The predicted octanol–water partition coefficient (Wildman–Crippen LogP) is 3.31. The van der Waals surface area contributed by atoms with E-state index in [-0.39, 0.29) is 23.2 Å². The zero-order chi connectivity index (χ0) is 15.3. The van der Waals surface area contributed by atoms with Crippen molar-refractivity contribution in [2.24, 2.45) is 17.3 Å². The zero-order valence-electron chi connectivity index (χ0n) is 13.9. The van der Waals surface area contributed by atoms with Gasteiger partial charge < -0.3 is 14.6 Å². The summed E-state index contributed by atoms with van der Waals surface area (Å²) < 4.78 is 11.7. The minimum Gasteiger partial charge on any atom is -0.390 e. The lowest BCUT2D eigenvalue weighted by molar-refractivity contribution is -0.171. The third kappa shape index (κ3) is 2.47. The smallest absolute Gasteiger partial charge is 0.0976 e. The number of methoxy groups -OCH3 is 1. The van der Waals surface area contributed by atoms with Gasteiger partial charge in [-0.05, 0) is 57.3 Å². The maximum Gasteiger partial charge on any atom is 0.0976 e. The minimum absolute atomic E-state index is 0.00169. The lowest BCUT2D eigenvalue weighted by atomic mass is 9.48. The Morgan fingerprint density at radius 1 is 1.33 bits per heavy atom. The summed E-state index contributed by atoms with van der Waals surface area (Å²) in [5.41, 5.74) is 1.64. The molecule has 2 unspecified atom stereocenters. The molecule has 21 heavy (non-hydrogen) atoms. The second-order valence-electron chi connectivity index (χ2n) is 7.90. The van der Waals surface area contributed by atoms with E-state index in [2.05, 4.69) is 26.8 Å². The number of hydrogen-bond donors (Lipinski definition) is 1. The molecule has 120 valence electrons. The third-order valence-electron chi connectivity index (χ3n) is 6.41. The van der Waals surface area contributed by atoms with Gasteiger partial charge in [0.15, 0.2) is 0 Å². The molecule has 1 aliphatic heterocycles. The van der Waals surface area contributed by atoms with Crippen LogP contribution in [-0.4, -0.2) is 36.6 Å². The molecule has 0 bridgehead atoms. The first kappa shape index (κ1) is 15.5. The van der Waals surface area contributed by atoms with Gasteiger partial charge in [0, 0.05) is 13.0 Å². The first-order valence-electron chi connectivity index (χ1n) is 8.41. The molecule has 1 saturated heterocycles. The molecular weight excluding hydrogens is 264 g/mol. The van der Waals surface area contributed by atoms with Gasteiger partial charge in [0.05, 0.1) is 24.4 Å². The van der Waals surface area contributed by atoms with Crippen molar-refractivity contribution in [3.8, 4) is 0 Å². The fraction of sp³-hybridized carbons (Fsp3) is 0.889. The van der Waals surface area contributed by atoms with Crippen molar-refractivity contribution >= 4 is 0 Å². The lowest BCUT2D eigenvalue weighted by Crippen LogP contribution is -2.59. The van der Waals surface area contributed by atoms with Crippen LogP contribution in [0, 0.1) is 17.3 Å². The number of rotatable bonds is 4. The van der Waals surface area contributed by atoms with Crippen LogP contribution in [0.4, 0.5) is 0 Å². The van der Waals surface area contributed by atoms with Gasteiger partial charge in [0.25, 0.3) is 0 Å². The molecular formula is C18H30O3. The summed E-state index contributed by atoms with van der Waals surface area (Å²) in [7, 11) is 1.75. The maximum atomic E-state index is 10.4. The van der Waals surface area contributed by atoms with E-state index in [0.717, 1.165) is 25.9 Å². The van der Waals surface area contributed by atoms with Gasteiger partial charge in [-0.15, -0.1) is 0 Å². The largest absolute Gasteiger partial charge is 0.390 e. The molecule has 3 aliphatic rings. The van der Waals surface area contributed by atoms with Crippen LogP contribution in [0.2, 0.25) is 0 Å². The molecule has 3 fully saturated rings. The molecule has 6 atom stereocenters. The van der Waals surface area contributed by atoms with Crippen LogP contribution in [0.3, 0.4) is 0 Å². The molecule has 3 nitrogen and oxygen atoms in total. The van der Waals surface area contributed by atoms with E-state index in [1.54, 1.807) is 7.11 Å². The summed E-state index contributed by atoms with van der Waals surface area (Å²) in [6.45, 7) is 7.60. The van der Waals surface area contributed by atoms with E-state index < -0.39 is 0 Å². The molecule has 0 amide bonds. The summed E-state index contributed by atoms with van der Waals surface area (Å²) in [6, 6.07) is 0. The van der Waals surface area contributed by atoms with Gasteiger partial charge in [-0.2, -0.15) is 0 Å². The molecule has 0 radical (unpaired) electrons. The Bertz CT molecular complexity index is 422. The average Bonchev–Trinajstić information content (AvgIpc) is 3.19. The second-order valence-corrected chi connectivity index (χ2v) is 7.90. The number of allylic oxidation sites excluding steroid dienone is 2. The average molecular weight is 294 g/mol. The van der Waals surface area contributed by atoms with Crippen molar-refractivity contribution in [2.75, 3.05) is 13.7 Å². The van der Waals surface area contributed by atoms with Crippen molar-refractivity contribution in [3.05, 3.63) is 11.6 Å². The lowest BCUT2D eigenvalue weighted by Gasteiger charge is -2.57. The fourth-order valence-electron chi connectivity index (χ4n) is 4.90. The Morgan fingerprint density at radius 3 is 2.52 bits per heavy atom. The summed E-state index contributed by atoms with van der Waals surface area (Å²) in [6.07, 6.45) is 7.43. The molecule has 1 spiro atoms. The molecule has 3 heteroatoms. The van der Waals surface area contributed by atoms with E-state index in [4.69, 9.17) is 9.47 Å². The van der Waals surface area contributed by atoms with Crippen LogP contribution in [0.15, 0.2) is 11.6 Å². The highest BCUT2D eigenvalue weighted by Crippen LogP contribution is 2.63. The third-order valence-corrected chi connectivity index (χ3v) is 6.41. The van der Waals surface area contributed by atoms with Gasteiger partial charge in [0.1, 0.15) is 0 Å². The maximum absolute atomic E-state index is 10.4. The number of hydrogen-bond acceptors (Lipinski definition) is 3. The van der Waals surface area contributed by atoms with Gasteiger partial charge in [-0.3, -0.25) is 0 Å².